The molecule has 0 aromatic heterocycles. The zero-order valence-electron chi connectivity index (χ0n) is 15.3. The first-order valence-corrected chi connectivity index (χ1v) is 9.14. The lowest BCUT2D eigenvalue weighted by molar-refractivity contribution is -0.144. The molecule has 1 aromatic carbocycles. The van der Waals surface area contributed by atoms with E-state index in [-0.39, 0.29) is 36.7 Å². The standard InChI is InChI=1S/C19H25FN2O5/c1-2-26-18(24)11-10-17(23)21-15-4-3-5-16(12-15)27-19(25)22-14-8-6-13(20)7-9-14/h6-9,15-16H,2-5,10-12H2,1H3,(H,21,23)(H,22,25)/t15-,16+/m1/s1. The number of carbonyl (C=O) groups is 3. The highest BCUT2D eigenvalue weighted by Crippen LogP contribution is 2.22. The number of benzene rings is 1. The highest BCUT2D eigenvalue weighted by molar-refractivity contribution is 5.84. The first-order valence-electron chi connectivity index (χ1n) is 9.14. The van der Waals surface area contributed by atoms with Crippen molar-refractivity contribution in [3.63, 3.8) is 0 Å². The van der Waals surface area contributed by atoms with Crippen molar-refractivity contribution in [2.24, 2.45) is 0 Å². The summed E-state index contributed by atoms with van der Waals surface area (Å²) in [6.07, 6.45) is 2.05. The normalized spacial score (nSPS) is 19.0. The van der Waals surface area contributed by atoms with E-state index in [0.717, 1.165) is 12.8 Å². The van der Waals surface area contributed by atoms with Crippen molar-refractivity contribution in [3.8, 4) is 0 Å². The highest BCUT2D eigenvalue weighted by Gasteiger charge is 2.26. The molecule has 1 aliphatic carbocycles. The van der Waals surface area contributed by atoms with Crippen molar-refractivity contribution in [1.29, 1.82) is 0 Å². The average molecular weight is 380 g/mol. The number of halogens is 1. The number of hydrogen-bond donors (Lipinski definition) is 2. The molecule has 1 aromatic rings. The molecule has 0 radical (unpaired) electrons. The van der Waals surface area contributed by atoms with Gasteiger partial charge in [0.05, 0.1) is 13.0 Å². The van der Waals surface area contributed by atoms with Crippen molar-refractivity contribution in [2.45, 2.75) is 57.6 Å². The van der Waals surface area contributed by atoms with E-state index in [9.17, 15) is 18.8 Å². The molecule has 27 heavy (non-hydrogen) atoms. The van der Waals surface area contributed by atoms with Gasteiger partial charge in [0.15, 0.2) is 0 Å². The number of nitrogens with one attached hydrogen (secondary N) is 2. The van der Waals surface area contributed by atoms with E-state index in [1.807, 2.05) is 0 Å². The van der Waals surface area contributed by atoms with Crippen LogP contribution in [0.1, 0.15) is 45.4 Å². The van der Waals surface area contributed by atoms with Crippen molar-refractivity contribution < 1.29 is 28.2 Å². The third kappa shape index (κ3) is 7.64. The molecule has 148 valence electrons. The molecular formula is C19H25FN2O5. The van der Waals surface area contributed by atoms with Crippen LogP contribution < -0.4 is 10.6 Å². The van der Waals surface area contributed by atoms with E-state index < -0.39 is 12.1 Å². The molecule has 7 nitrogen and oxygen atoms in total. The number of carbonyl (C=O) groups excluding carboxylic acids is 3. The van der Waals surface area contributed by atoms with Crippen LogP contribution in [-0.2, 0) is 19.1 Å². The van der Waals surface area contributed by atoms with Gasteiger partial charge in [-0.2, -0.15) is 0 Å². The summed E-state index contributed by atoms with van der Waals surface area (Å²) in [6.45, 7) is 2.01. The van der Waals surface area contributed by atoms with Gasteiger partial charge in [-0.05, 0) is 50.5 Å². The minimum absolute atomic E-state index is 0.0480. The number of amides is 2. The molecule has 0 aliphatic heterocycles. The Labute approximate surface area is 157 Å². The van der Waals surface area contributed by atoms with Crippen molar-refractivity contribution in [1.82, 2.24) is 5.32 Å². The van der Waals surface area contributed by atoms with Crippen LogP contribution >= 0.6 is 0 Å². The van der Waals surface area contributed by atoms with Crippen LogP contribution in [0.2, 0.25) is 0 Å². The van der Waals surface area contributed by atoms with E-state index in [1.165, 1.54) is 24.3 Å². The van der Waals surface area contributed by atoms with Gasteiger partial charge >= 0.3 is 12.1 Å². The van der Waals surface area contributed by atoms with Gasteiger partial charge in [-0.15, -0.1) is 0 Å². The Kier molecular flexibility index (Phi) is 8.03. The van der Waals surface area contributed by atoms with Crippen molar-refractivity contribution in [2.75, 3.05) is 11.9 Å². The van der Waals surface area contributed by atoms with Crippen LogP contribution in [0.5, 0.6) is 0 Å². The Bertz CT molecular complexity index is 650. The molecule has 2 rings (SSSR count). The molecule has 1 aliphatic rings. The minimum atomic E-state index is -0.610. The fourth-order valence-electron chi connectivity index (χ4n) is 2.96. The predicted octanol–water partition coefficient (Wildman–Crippen LogP) is 3.14. The third-order valence-electron chi connectivity index (χ3n) is 4.22. The Hall–Kier alpha value is -2.64. The molecule has 1 saturated carbocycles. The smallest absolute Gasteiger partial charge is 0.411 e. The summed E-state index contributed by atoms with van der Waals surface area (Å²) in [5.41, 5.74) is 0.445. The topological polar surface area (TPSA) is 93.7 Å². The average Bonchev–Trinajstić information content (AvgIpc) is 2.62. The first kappa shape index (κ1) is 20.7. The van der Waals surface area contributed by atoms with Gasteiger partial charge in [0, 0.05) is 24.6 Å². The van der Waals surface area contributed by atoms with Crippen LogP contribution in [-0.4, -0.2) is 36.7 Å². The molecule has 0 saturated heterocycles. The van der Waals surface area contributed by atoms with E-state index in [1.54, 1.807) is 6.92 Å². The summed E-state index contributed by atoms with van der Waals surface area (Å²) < 4.78 is 23.1. The monoisotopic (exact) mass is 380 g/mol. The van der Waals surface area contributed by atoms with Crippen molar-refractivity contribution in [3.05, 3.63) is 30.1 Å². The summed E-state index contributed by atoms with van der Waals surface area (Å²) in [7, 11) is 0. The van der Waals surface area contributed by atoms with Crippen LogP contribution in [0.3, 0.4) is 0 Å². The molecule has 2 atom stereocenters. The lowest BCUT2D eigenvalue weighted by Crippen LogP contribution is -2.41. The number of esters is 1. The van der Waals surface area contributed by atoms with Crippen LogP contribution in [0.4, 0.5) is 14.9 Å². The van der Waals surface area contributed by atoms with Gasteiger partial charge in [-0.3, -0.25) is 14.9 Å². The predicted molar refractivity (Wildman–Crippen MR) is 96.6 cm³/mol. The van der Waals surface area contributed by atoms with Crippen molar-refractivity contribution >= 4 is 23.7 Å². The molecule has 1 fully saturated rings. The fraction of sp³-hybridized carbons (Fsp3) is 0.526. The molecule has 8 heteroatoms. The summed E-state index contributed by atoms with van der Waals surface area (Å²) in [5.74, 6) is -0.998. The van der Waals surface area contributed by atoms with Gasteiger partial charge in [-0.1, -0.05) is 0 Å². The SMILES string of the molecule is CCOC(=O)CCC(=O)N[C@@H]1CCC[C@H](OC(=O)Nc2ccc(F)cc2)C1. The molecule has 0 heterocycles. The quantitative estimate of drug-likeness (QED) is 0.709. The van der Waals surface area contributed by atoms with E-state index in [2.05, 4.69) is 10.6 Å². The molecule has 0 bridgehead atoms. The summed E-state index contributed by atoms with van der Waals surface area (Å²) >= 11 is 0. The zero-order chi connectivity index (χ0) is 19.6. The van der Waals surface area contributed by atoms with E-state index in [4.69, 9.17) is 9.47 Å². The number of anilines is 1. The fourth-order valence-corrected chi connectivity index (χ4v) is 2.96. The molecule has 0 spiro atoms. The molecule has 2 amide bonds. The maximum atomic E-state index is 12.9. The van der Waals surface area contributed by atoms with E-state index in [0.29, 0.717) is 25.1 Å². The third-order valence-corrected chi connectivity index (χ3v) is 4.22. The largest absolute Gasteiger partial charge is 0.466 e. The molecular weight excluding hydrogens is 355 g/mol. The zero-order valence-corrected chi connectivity index (χ0v) is 15.3. The Balaban J connectivity index is 1.73. The minimum Gasteiger partial charge on any atom is -0.466 e. The Morgan fingerprint density at radius 3 is 2.59 bits per heavy atom. The maximum Gasteiger partial charge on any atom is 0.411 e. The van der Waals surface area contributed by atoms with Crippen LogP contribution in [0, 0.1) is 5.82 Å². The first-order chi connectivity index (χ1) is 13.0. The molecule has 0 unspecified atom stereocenters. The number of hydrogen-bond acceptors (Lipinski definition) is 5. The Morgan fingerprint density at radius 1 is 1.15 bits per heavy atom. The number of rotatable bonds is 7. The van der Waals surface area contributed by atoms with Gasteiger partial charge in [0.2, 0.25) is 5.91 Å². The second-order valence-corrected chi connectivity index (χ2v) is 6.40. The van der Waals surface area contributed by atoms with Gasteiger partial charge in [0.1, 0.15) is 11.9 Å². The van der Waals surface area contributed by atoms with Gasteiger partial charge < -0.3 is 14.8 Å². The summed E-state index contributed by atoms with van der Waals surface area (Å²) in [6, 6.07) is 5.29. The van der Waals surface area contributed by atoms with E-state index >= 15 is 0 Å². The summed E-state index contributed by atoms with van der Waals surface area (Å²) in [4.78, 5) is 35.2. The second-order valence-electron chi connectivity index (χ2n) is 6.40. The Morgan fingerprint density at radius 2 is 1.89 bits per heavy atom. The second kappa shape index (κ2) is 10.5. The maximum absolute atomic E-state index is 12.9. The number of ether oxygens (including phenoxy) is 2. The summed E-state index contributed by atoms with van der Waals surface area (Å²) in [5, 5.41) is 5.43. The van der Waals surface area contributed by atoms with Gasteiger partial charge in [0.25, 0.3) is 0 Å². The van der Waals surface area contributed by atoms with Crippen LogP contribution in [0.15, 0.2) is 24.3 Å². The lowest BCUT2D eigenvalue weighted by Gasteiger charge is -2.29. The highest BCUT2D eigenvalue weighted by atomic mass is 19.1. The van der Waals surface area contributed by atoms with Gasteiger partial charge in [-0.25, -0.2) is 9.18 Å². The van der Waals surface area contributed by atoms with Crippen LogP contribution in [0.25, 0.3) is 0 Å². The molecule has 2 N–H and O–H groups in total. The lowest BCUT2D eigenvalue weighted by atomic mass is 9.92.